The third-order valence-electron chi connectivity index (χ3n) is 0.812. The molecule has 0 aliphatic rings. The van der Waals surface area contributed by atoms with E-state index in [4.69, 9.17) is 0 Å². The molecule has 0 saturated carbocycles. The lowest BCUT2D eigenvalue weighted by atomic mass is 10.5. The molecule has 0 aromatic heterocycles. The van der Waals surface area contributed by atoms with E-state index in [0.717, 1.165) is 6.54 Å². The molecule has 2 nitrogen and oxygen atoms in total. The van der Waals surface area contributed by atoms with Gasteiger partial charge in [-0.15, -0.1) is 0 Å². The van der Waals surface area contributed by atoms with Gasteiger partial charge in [0.25, 0.3) is 0 Å². The van der Waals surface area contributed by atoms with Crippen molar-refractivity contribution in [3.63, 3.8) is 0 Å². The van der Waals surface area contributed by atoms with Crippen LogP contribution in [-0.2, 0) is 0 Å². The Bertz CT molecular complexity index is 42.5. The van der Waals surface area contributed by atoms with E-state index in [9.17, 15) is 0 Å². The van der Waals surface area contributed by atoms with E-state index in [-0.39, 0.29) is 0 Å². The van der Waals surface area contributed by atoms with Gasteiger partial charge >= 0.3 is 0 Å². The fourth-order valence-corrected chi connectivity index (χ4v) is 0.327. The van der Waals surface area contributed by atoms with Crippen LogP contribution in [0.25, 0.3) is 0 Å². The molecule has 0 unspecified atom stereocenters. The van der Waals surface area contributed by atoms with Crippen LogP contribution in [0.2, 0.25) is 0 Å². The van der Waals surface area contributed by atoms with Crippen LogP contribution in [-0.4, -0.2) is 44.5 Å². The van der Waals surface area contributed by atoms with Crippen molar-refractivity contribution in [3.8, 4) is 0 Å². The van der Waals surface area contributed by atoms with Crippen molar-refractivity contribution in [1.29, 1.82) is 0 Å². The maximum Gasteiger partial charge on any atom is 0.0384 e. The number of likely N-dealkylation sites (N-methyl/N-ethyl adjacent to an activating group) is 2. The molecule has 0 rings (SSSR count). The third-order valence-corrected chi connectivity index (χ3v) is 0.812. The number of nitrogens with zero attached hydrogens (tertiary/aromatic N) is 2. The molecule has 0 aliphatic heterocycles. The van der Waals surface area contributed by atoms with Crippen molar-refractivity contribution >= 4 is 0 Å². The van der Waals surface area contributed by atoms with Crippen molar-refractivity contribution in [2.24, 2.45) is 0 Å². The van der Waals surface area contributed by atoms with Crippen LogP contribution in [0.1, 0.15) is 0 Å². The molecule has 2 heteroatoms. The van der Waals surface area contributed by atoms with Crippen LogP contribution in [0.15, 0.2) is 0 Å². The first kappa shape index (κ1) is 7.92. The lowest BCUT2D eigenvalue weighted by Crippen LogP contribution is -2.20. The van der Waals surface area contributed by atoms with Crippen molar-refractivity contribution in [2.45, 2.75) is 0 Å². The largest absolute Gasteiger partial charge is 0.308 e. The summed E-state index contributed by atoms with van der Waals surface area (Å²) in [6.45, 7) is 3.15. The van der Waals surface area contributed by atoms with E-state index in [1.807, 2.05) is 14.1 Å². The van der Waals surface area contributed by atoms with E-state index < -0.39 is 0 Å². The summed E-state index contributed by atoms with van der Waals surface area (Å²) in [5, 5.41) is 0. The zero-order chi connectivity index (χ0) is 6.57. The van der Waals surface area contributed by atoms with E-state index >= 15 is 0 Å². The molecule has 0 amide bonds. The predicted octanol–water partition coefficient (Wildman–Crippen LogP) is 0.271. The average molecular weight is 115 g/mol. The molecule has 0 aromatic rings. The minimum Gasteiger partial charge on any atom is -0.308 e. The molecule has 0 bridgehead atoms. The molecular weight excluding hydrogens is 100 g/mol. The molecule has 0 saturated heterocycles. The second-order valence-corrected chi connectivity index (χ2v) is 2.41. The van der Waals surface area contributed by atoms with Crippen LogP contribution in [0.5, 0.6) is 0 Å². The molecular formula is C6H15N2. The Morgan fingerprint density at radius 3 is 1.75 bits per heavy atom. The molecule has 0 fully saturated rings. The van der Waals surface area contributed by atoms with Crippen molar-refractivity contribution in [2.75, 3.05) is 34.7 Å². The molecule has 0 N–H and O–H groups in total. The topological polar surface area (TPSA) is 6.48 Å². The summed E-state index contributed by atoms with van der Waals surface area (Å²) in [7, 11) is 8.17. The van der Waals surface area contributed by atoms with Gasteiger partial charge in [-0.05, 0) is 28.2 Å². The fourth-order valence-electron chi connectivity index (χ4n) is 0.327. The summed E-state index contributed by atoms with van der Waals surface area (Å²) < 4.78 is 0. The quantitative estimate of drug-likeness (QED) is 0.521. The minimum atomic E-state index is 1.02. The smallest absolute Gasteiger partial charge is 0.0384 e. The van der Waals surface area contributed by atoms with Crippen molar-refractivity contribution in [3.05, 3.63) is 6.54 Å². The van der Waals surface area contributed by atoms with Gasteiger partial charge in [0, 0.05) is 13.1 Å². The normalized spacial score (nSPS) is 11.2. The van der Waals surface area contributed by atoms with Crippen LogP contribution in [0, 0.1) is 6.54 Å². The Balaban J connectivity index is 2.93. The van der Waals surface area contributed by atoms with Crippen LogP contribution < -0.4 is 0 Å². The Morgan fingerprint density at radius 2 is 1.62 bits per heavy atom. The van der Waals surface area contributed by atoms with Crippen LogP contribution in [0.3, 0.4) is 0 Å². The van der Waals surface area contributed by atoms with Gasteiger partial charge in [-0.2, -0.15) is 0 Å². The molecule has 1 radical (unpaired) electrons. The molecule has 49 valence electrons. The van der Waals surface area contributed by atoms with E-state index in [0.29, 0.717) is 0 Å². The highest BCUT2D eigenvalue weighted by atomic mass is 15.1. The molecule has 0 atom stereocenters. The van der Waals surface area contributed by atoms with Gasteiger partial charge in [-0.1, -0.05) is 0 Å². The zero-order valence-corrected chi connectivity index (χ0v) is 6.18. The lowest BCUT2D eigenvalue weighted by molar-refractivity contribution is 0.373. The minimum absolute atomic E-state index is 1.02. The second kappa shape index (κ2) is 3.87. The zero-order valence-electron chi connectivity index (χ0n) is 6.18. The molecule has 0 aliphatic carbocycles. The van der Waals surface area contributed by atoms with E-state index in [1.54, 1.807) is 0 Å². The van der Waals surface area contributed by atoms with Gasteiger partial charge in [-0.25, -0.2) is 0 Å². The monoisotopic (exact) mass is 115 g/mol. The molecule has 0 aromatic carbocycles. The first-order chi connectivity index (χ1) is 3.63. The number of hydrogen-bond acceptors (Lipinski definition) is 2. The van der Waals surface area contributed by atoms with Gasteiger partial charge in [0.15, 0.2) is 0 Å². The predicted molar refractivity (Wildman–Crippen MR) is 36.5 cm³/mol. The van der Waals surface area contributed by atoms with E-state index in [1.165, 1.54) is 0 Å². The maximum atomic E-state index is 2.12. The van der Waals surface area contributed by atoms with Gasteiger partial charge in [0.2, 0.25) is 0 Å². The second-order valence-electron chi connectivity index (χ2n) is 2.41. The summed E-state index contributed by atoms with van der Waals surface area (Å²) >= 11 is 0. The summed E-state index contributed by atoms with van der Waals surface area (Å²) in [6.07, 6.45) is 0. The third kappa shape index (κ3) is 5.92. The Labute approximate surface area is 52.1 Å². The summed E-state index contributed by atoms with van der Waals surface area (Å²) in [5.74, 6) is 0. The SMILES string of the molecule is CN(C)[CH]CN(C)C. The maximum absolute atomic E-state index is 2.12. The van der Waals surface area contributed by atoms with Gasteiger partial charge in [-0.3, -0.25) is 0 Å². The highest BCUT2D eigenvalue weighted by Crippen LogP contribution is 1.82. The Morgan fingerprint density at radius 1 is 1.12 bits per heavy atom. The first-order valence-corrected chi connectivity index (χ1v) is 2.77. The van der Waals surface area contributed by atoms with Crippen molar-refractivity contribution in [1.82, 2.24) is 9.80 Å². The summed E-state index contributed by atoms with van der Waals surface area (Å²) in [5.41, 5.74) is 0. The van der Waals surface area contributed by atoms with Crippen LogP contribution >= 0.6 is 0 Å². The van der Waals surface area contributed by atoms with Gasteiger partial charge in [0.05, 0.1) is 0 Å². The average Bonchev–Trinajstić information content (AvgIpc) is 1.61. The summed E-state index contributed by atoms with van der Waals surface area (Å²) in [4.78, 5) is 4.18. The van der Waals surface area contributed by atoms with E-state index in [2.05, 4.69) is 30.4 Å². The Hall–Kier alpha value is -0.0800. The van der Waals surface area contributed by atoms with Gasteiger partial charge < -0.3 is 9.80 Å². The fraction of sp³-hybridized carbons (Fsp3) is 0.833. The lowest BCUT2D eigenvalue weighted by Gasteiger charge is -2.12. The Kier molecular flexibility index (Phi) is 3.83. The van der Waals surface area contributed by atoms with Crippen LogP contribution in [0.4, 0.5) is 0 Å². The van der Waals surface area contributed by atoms with Gasteiger partial charge in [0.1, 0.15) is 0 Å². The molecule has 0 heterocycles. The number of hydrogen-bond donors (Lipinski definition) is 0. The highest BCUT2D eigenvalue weighted by molar-refractivity contribution is 4.62. The summed E-state index contributed by atoms with van der Waals surface area (Å²) in [6, 6.07) is 0. The standard InChI is InChI=1S/C6H15N2/c1-7(2)5-6-8(3)4/h5H,6H2,1-4H3. The van der Waals surface area contributed by atoms with Crippen molar-refractivity contribution < 1.29 is 0 Å². The molecule has 8 heavy (non-hydrogen) atoms. The first-order valence-electron chi connectivity index (χ1n) is 2.77. The molecule has 0 spiro atoms. The highest BCUT2D eigenvalue weighted by Gasteiger charge is 1.90. The number of rotatable bonds is 3.